The Morgan fingerprint density at radius 3 is 2.76 bits per heavy atom. The standard InChI is InChI=1S/C20H30N2O3/c1-19(2,3)25-18(24)22-11-7-15-5-4-6-16(17(15)22)13-21-14-20(8-9-20)10-12-23/h4-6,21,23H,7-14H2,1-3H3. The Kier molecular flexibility index (Phi) is 5.07. The van der Waals surface area contributed by atoms with Gasteiger partial charge in [-0.1, -0.05) is 18.2 Å². The molecule has 0 aromatic heterocycles. The first-order chi connectivity index (χ1) is 11.8. The lowest BCUT2D eigenvalue weighted by molar-refractivity contribution is 0.0583. The van der Waals surface area contributed by atoms with E-state index in [1.807, 2.05) is 20.8 Å². The van der Waals surface area contributed by atoms with Crippen LogP contribution in [-0.2, 0) is 17.7 Å². The number of para-hydroxylation sites is 1. The third-order valence-corrected chi connectivity index (χ3v) is 5.11. The van der Waals surface area contributed by atoms with Crippen LogP contribution in [0.5, 0.6) is 0 Å². The molecule has 138 valence electrons. The number of carbonyl (C=O) groups is 1. The first kappa shape index (κ1) is 18.2. The molecule has 1 fully saturated rings. The number of ether oxygens (including phenoxy) is 1. The molecule has 5 heteroatoms. The summed E-state index contributed by atoms with van der Waals surface area (Å²) in [4.78, 5) is 14.3. The van der Waals surface area contributed by atoms with E-state index in [0.717, 1.165) is 37.2 Å². The number of hydrogen-bond donors (Lipinski definition) is 2. The fraction of sp³-hybridized carbons (Fsp3) is 0.650. The van der Waals surface area contributed by atoms with Crippen molar-refractivity contribution in [1.29, 1.82) is 0 Å². The maximum atomic E-state index is 12.6. The number of nitrogens with one attached hydrogen (secondary N) is 1. The average molecular weight is 346 g/mol. The van der Waals surface area contributed by atoms with Crippen LogP contribution in [0.25, 0.3) is 0 Å². The zero-order chi connectivity index (χ0) is 18.1. The lowest BCUT2D eigenvalue weighted by Gasteiger charge is -2.26. The fourth-order valence-electron chi connectivity index (χ4n) is 3.57. The van der Waals surface area contributed by atoms with E-state index in [0.29, 0.717) is 6.54 Å². The van der Waals surface area contributed by atoms with Gasteiger partial charge in [-0.3, -0.25) is 4.90 Å². The molecule has 0 atom stereocenters. The Bertz CT molecular complexity index is 632. The van der Waals surface area contributed by atoms with Crippen LogP contribution in [0.2, 0.25) is 0 Å². The number of carbonyl (C=O) groups excluding carboxylic acids is 1. The average Bonchev–Trinajstić information content (AvgIpc) is 3.13. The Labute approximate surface area is 150 Å². The second-order valence-corrected chi connectivity index (χ2v) is 8.38. The number of amides is 1. The molecule has 0 unspecified atom stereocenters. The van der Waals surface area contributed by atoms with E-state index in [2.05, 4.69) is 23.5 Å². The number of aliphatic hydroxyl groups excluding tert-OH is 1. The Morgan fingerprint density at radius 1 is 1.36 bits per heavy atom. The molecule has 1 saturated carbocycles. The molecule has 5 nitrogen and oxygen atoms in total. The third kappa shape index (κ3) is 4.33. The van der Waals surface area contributed by atoms with E-state index >= 15 is 0 Å². The first-order valence-electron chi connectivity index (χ1n) is 9.26. The quantitative estimate of drug-likeness (QED) is 0.830. The van der Waals surface area contributed by atoms with Crippen LogP contribution in [0.3, 0.4) is 0 Å². The maximum absolute atomic E-state index is 12.6. The minimum atomic E-state index is -0.490. The third-order valence-electron chi connectivity index (χ3n) is 5.11. The zero-order valence-corrected chi connectivity index (χ0v) is 15.6. The van der Waals surface area contributed by atoms with Gasteiger partial charge < -0.3 is 15.2 Å². The predicted octanol–water partition coefficient (Wildman–Crippen LogP) is 3.24. The second-order valence-electron chi connectivity index (χ2n) is 8.38. The van der Waals surface area contributed by atoms with Crippen molar-refractivity contribution in [2.24, 2.45) is 5.41 Å². The van der Waals surface area contributed by atoms with Crippen molar-refractivity contribution >= 4 is 11.8 Å². The molecular formula is C20H30N2O3. The Hall–Kier alpha value is -1.59. The van der Waals surface area contributed by atoms with Crippen molar-refractivity contribution < 1.29 is 14.6 Å². The maximum Gasteiger partial charge on any atom is 0.414 e. The van der Waals surface area contributed by atoms with E-state index < -0.39 is 5.60 Å². The van der Waals surface area contributed by atoms with Gasteiger partial charge in [0, 0.05) is 26.2 Å². The Balaban J connectivity index is 1.68. The number of aliphatic hydroxyl groups is 1. The molecule has 1 aromatic carbocycles. The van der Waals surface area contributed by atoms with Gasteiger partial charge in [-0.2, -0.15) is 0 Å². The summed E-state index contributed by atoms with van der Waals surface area (Å²) in [5, 5.41) is 12.7. The molecule has 3 rings (SSSR count). The molecule has 25 heavy (non-hydrogen) atoms. The molecule has 0 saturated heterocycles. The summed E-state index contributed by atoms with van der Waals surface area (Å²) in [5.74, 6) is 0. The summed E-state index contributed by atoms with van der Waals surface area (Å²) in [6, 6.07) is 6.24. The van der Waals surface area contributed by atoms with Crippen LogP contribution < -0.4 is 10.2 Å². The molecule has 1 heterocycles. The van der Waals surface area contributed by atoms with E-state index in [1.54, 1.807) is 4.90 Å². The molecular weight excluding hydrogens is 316 g/mol. The number of rotatable bonds is 6. The minimum absolute atomic E-state index is 0.259. The van der Waals surface area contributed by atoms with E-state index in [4.69, 9.17) is 4.74 Å². The summed E-state index contributed by atoms with van der Waals surface area (Å²) < 4.78 is 5.57. The van der Waals surface area contributed by atoms with Gasteiger partial charge in [0.05, 0.1) is 5.69 Å². The molecule has 0 radical (unpaired) electrons. The van der Waals surface area contributed by atoms with Crippen LogP contribution in [0.1, 0.15) is 51.2 Å². The summed E-state index contributed by atoms with van der Waals surface area (Å²) >= 11 is 0. The highest BCUT2D eigenvalue weighted by atomic mass is 16.6. The highest BCUT2D eigenvalue weighted by Gasteiger charge is 2.41. The first-order valence-corrected chi connectivity index (χ1v) is 9.26. The highest BCUT2D eigenvalue weighted by molar-refractivity contribution is 5.91. The topological polar surface area (TPSA) is 61.8 Å². The van der Waals surface area contributed by atoms with Gasteiger partial charge in [0.2, 0.25) is 0 Å². The van der Waals surface area contributed by atoms with E-state index in [1.165, 1.54) is 18.4 Å². The molecule has 0 spiro atoms. The summed E-state index contributed by atoms with van der Waals surface area (Å²) in [6.07, 6.45) is 3.86. The largest absolute Gasteiger partial charge is 0.443 e. The number of hydrogen-bond acceptors (Lipinski definition) is 4. The Morgan fingerprint density at radius 2 is 2.12 bits per heavy atom. The van der Waals surface area contributed by atoms with Gasteiger partial charge in [0.15, 0.2) is 0 Å². The van der Waals surface area contributed by atoms with E-state index in [9.17, 15) is 9.90 Å². The molecule has 1 amide bonds. The van der Waals surface area contributed by atoms with Gasteiger partial charge in [-0.15, -0.1) is 0 Å². The van der Waals surface area contributed by atoms with Crippen molar-refractivity contribution in [3.8, 4) is 0 Å². The SMILES string of the molecule is CC(C)(C)OC(=O)N1CCc2cccc(CNCC3(CCO)CC3)c21. The summed E-state index contributed by atoms with van der Waals surface area (Å²) in [7, 11) is 0. The monoisotopic (exact) mass is 346 g/mol. The molecule has 1 aliphatic heterocycles. The van der Waals surface area contributed by atoms with Gasteiger partial charge in [0.1, 0.15) is 5.60 Å². The number of fused-ring (bicyclic) bond motifs is 1. The fourth-order valence-corrected chi connectivity index (χ4v) is 3.57. The van der Waals surface area contributed by atoms with Crippen LogP contribution in [0.15, 0.2) is 18.2 Å². The number of nitrogens with zero attached hydrogens (tertiary/aromatic N) is 1. The zero-order valence-electron chi connectivity index (χ0n) is 15.6. The molecule has 1 aliphatic carbocycles. The summed E-state index contributed by atoms with van der Waals surface area (Å²) in [6.45, 7) is 8.27. The molecule has 1 aromatic rings. The van der Waals surface area contributed by atoms with Crippen molar-refractivity contribution in [3.63, 3.8) is 0 Å². The van der Waals surface area contributed by atoms with Crippen LogP contribution in [0, 0.1) is 5.41 Å². The van der Waals surface area contributed by atoms with Crippen LogP contribution >= 0.6 is 0 Å². The van der Waals surface area contributed by atoms with Crippen molar-refractivity contribution in [2.45, 2.75) is 58.6 Å². The smallest absolute Gasteiger partial charge is 0.414 e. The van der Waals surface area contributed by atoms with Crippen molar-refractivity contribution in [1.82, 2.24) is 5.32 Å². The van der Waals surface area contributed by atoms with Gasteiger partial charge in [0.25, 0.3) is 0 Å². The normalized spacial score (nSPS) is 18.2. The molecule has 0 bridgehead atoms. The number of anilines is 1. The lowest BCUT2D eigenvalue weighted by Crippen LogP contribution is -2.36. The molecule has 2 aliphatic rings. The second kappa shape index (κ2) is 6.96. The van der Waals surface area contributed by atoms with E-state index in [-0.39, 0.29) is 18.1 Å². The van der Waals surface area contributed by atoms with Crippen LogP contribution in [0.4, 0.5) is 10.5 Å². The van der Waals surface area contributed by atoms with Gasteiger partial charge >= 0.3 is 6.09 Å². The minimum Gasteiger partial charge on any atom is -0.443 e. The highest BCUT2D eigenvalue weighted by Crippen LogP contribution is 2.48. The lowest BCUT2D eigenvalue weighted by atomic mass is 10.0. The van der Waals surface area contributed by atoms with Crippen LogP contribution in [-0.4, -0.2) is 36.5 Å². The van der Waals surface area contributed by atoms with Gasteiger partial charge in [-0.25, -0.2) is 4.79 Å². The predicted molar refractivity (Wildman–Crippen MR) is 98.8 cm³/mol. The van der Waals surface area contributed by atoms with Gasteiger partial charge in [-0.05, 0) is 63.0 Å². The molecule has 2 N–H and O–H groups in total. The number of benzene rings is 1. The summed E-state index contributed by atoms with van der Waals surface area (Å²) in [5.41, 5.74) is 3.16. The van der Waals surface area contributed by atoms with Crippen molar-refractivity contribution in [2.75, 3.05) is 24.6 Å². The van der Waals surface area contributed by atoms with Crippen molar-refractivity contribution in [3.05, 3.63) is 29.3 Å².